The van der Waals surface area contributed by atoms with Gasteiger partial charge in [-0.05, 0) is 32.2 Å². The quantitative estimate of drug-likeness (QED) is 0.711. The molecule has 98 valence electrons. The van der Waals surface area contributed by atoms with Crippen LogP contribution in [0, 0.1) is 11.3 Å². The molecule has 1 fully saturated rings. The van der Waals surface area contributed by atoms with Crippen molar-refractivity contribution in [3.05, 3.63) is 0 Å². The minimum atomic E-state index is -0.667. The average Bonchev–Trinajstić information content (AvgIpc) is 2.38. The second-order valence-corrected chi connectivity index (χ2v) is 6.61. The lowest BCUT2D eigenvalue weighted by Crippen LogP contribution is -2.45. The Balaban J connectivity index is 2.28. The Hall–Kier alpha value is -0.400. The van der Waals surface area contributed by atoms with Gasteiger partial charge >= 0.3 is 0 Å². The van der Waals surface area contributed by atoms with Crippen LogP contribution in [-0.4, -0.2) is 27.8 Å². The molecule has 1 N–H and O–H groups in total. The predicted molar refractivity (Wildman–Crippen MR) is 72.2 cm³/mol. The molecule has 0 aliphatic heterocycles. The number of hydrogen-bond acceptors (Lipinski definition) is 3. The fourth-order valence-corrected chi connectivity index (χ4v) is 3.93. The number of hydrogen-bond donors (Lipinski definition) is 1. The molecule has 1 saturated carbocycles. The maximum absolute atomic E-state index is 11.9. The molecule has 1 aliphatic carbocycles. The fraction of sp³-hybridized carbons (Fsp3) is 0.923. The Kier molecular flexibility index (Phi) is 7.46. The summed E-state index contributed by atoms with van der Waals surface area (Å²) >= 11 is 0. The van der Waals surface area contributed by atoms with Crippen LogP contribution in [-0.2, 0) is 10.8 Å². The maximum Gasteiger partial charge on any atom is 0.0621 e. The highest BCUT2D eigenvalue weighted by atomic mass is 32.2. The van der Waals surface area contributed by atoms with Gasteiger partial charge in [0.15, 0.2) is 0 Å². The van der Waals surface area contributed by atoms with Crippen molar-refractivity contribution in [1.29, 1.82) is 5.26 Å². The van der Waals surface area contributed by atoms with E-state index in [-0.39, 0.29) is 0 Å². The van der Waals surface area contributed by atoms with E-state index < -0.39 is 10.8 Å². The van der Waals surface area contributed by atoms with Crippen LogP contribution in [0.4, 0.5) is 0 Å². The zero-order valence-electron chi connectivity index (χ0n) is 10.8. The van der Waals surface area contributed by atoms with Gasteiger partial charge in [-0.2, -0.15) is 5.26 Å². The molecule has 0 saturated heterocycles. The van der Waals surface area contributed by atoms with E-state index in [9.17, 15) is 4.21 Å². The van der Waals surface area contributed by atoms with E-state index in [0.717, 1.165) is 38.0 Å². The van der Waals surface area contributed by atoms with Gasteiger partial charge in [-0.3, -0.25) is 4.21 Å². The first-order chi connectivity index (χ1) is 8.29. The van der Waals surface area contributed by atoms with E-state index in [4.69, 9.17) is 5.26 Å². The lowest BCUT2D eigenvalue weighted by molar-refractivity contribution is 0.376. The van der Waals surface area contributed by atoms with Crippen molar-refractivity contribution in [1.82, 2.24) is 5.32 Å². The van der Waals surface area contributed by atoms with Gasteiger partial charge < -0.3 is 5.32 Å². The molecule has 0 amide bonds. The largest absolute Gasteiger partial charge is 0.313 e. The molecule has 1 rings (SSSR count). The number of nitriles is 1. The van der Waals surface area contributed by atoms with Gasteiger partial charge in [0.05, 0.1) is 11.3 Å². The van der Waals surface area contributed by atoms with Crippen LogP contribution in [0.1, 0.15) is 51.9 Å². The van der Waals surface area contributed by atoms with Gasteiger partial charge in [-0.15, -0.1) is 0 Å². The SMILES string of the molecule is CC[S@@](=O)[C@@H]1CCCC[C@@H]1NCCCCC#N. The number of nitrogens with zero attached hydrogens (tertiary/aromatic N) is 1. The molecule has 0 aromatic rings. The van der Waals surface area contributed by atoms with Gasteiger partial charge in [0.25, 0.3) is 0 Å². The number of nitrogens with one attached hydrogen (secondary N) is 1. The van der Waals surface area contributed by atoms with Crippen LogP contribution in [0.5, 0.6) is 0 Å². The zero-order chi connectivity index (χ0) is 12.5. The first kappa shape index (κ1) is 14.7. The third-order valence-corrected chi connectivity index (χ3v) is 5.26. The molecule has 0 aromatic heterocycles. The zero-order valence-corrected chi connectivity index (χ0v) is 11.6. The van der Waals surface area contributed by atoms with Gasteiger partial charge in [0, 0.05) is 29.0 Å². The van der Waals surface area contributed by atoms with E-state index in [1.165, 1.54) is 12.8 Å². The first-order valence-corrected chi connectivity index (χ1v) is 8.15. The molecule has 0 spiro atoms. The third-order valence-electron chi connectivity index (χ3n) is 3.45. The predicted octanol–water partition coefficient (Wildman–Crippen LogP) is 2.35. The summed E-state index contributed by atoms with van der Waals surface area (Å²) in [5.41, 5.74) is 0. The molecule has 0 heterocycles. The Morgan fingerprint density at radius 2 is 2.12 bits per heavy atom. The molecule has 0 aromatic carbocycles. The Labute approximate surface area is 107 Å². The lowest BCUT2D eigenvalue weighted by atomic mass is 9.95. The normalized spacial score (nSPS) is 26.4. The van der Waals surface area contributed by atoms with E-state index in [2.05, 4.69) is 11.4 Å². The summed E-state index contributed by atoms with van der Waals surface area (Å²) in [5.74, 6) is 0.775. The highest BCUT2D eigenvalue weighted by molar-refractivity contribution is 7.85. The van der Waals surface area contributed by atoms with Gasteiger partial charge in [-0.25, -0.2) is 0 Å². The van der Waals surface area contributed by atoms with E-state index >= 15 is 0 Å². The van der Waals surface area contributed by atoms with Crippen molar-refractivity contribution >= 4 is 10.8 Å². The molecular formula is C13H24N2OS. The summed E-state index contributed by atoms with van der Waals surface area (Å²) < 4.78 is 11.9. The van der Waals surface area contributed by atoms with Gasteiger partial charge in [-0.1, -0.05) is 19.8 Å². The standard InChI is InChI=1S/C13H24N2OS/c1-2-17(16)13-9-5-4-8-12(13)15-11-7-3-6-10-14/h12-13,15H,2-9,11H2,1H3/t12-,13+,17+/m0/s1. The average molecular weight is 256 g/mol. The smallest absolute Gasteiger partial charge is 0.0621 e. The van der Waals surface area contributed by atoms with Crippen molar-refractivity contribution in [2.45, 2.75) is 63.2 Å². The summed E-state index contributed by atoms with van der Waals surface area (Å²) in [6.07, 6.45) is 7.42. The van der Waals surface area contributed by atoms with Crippen molar-refractivity contribution < 1.29 is 4.21 Å². The lowest BCUT2D eigenvalue weighted by Gasteiger charge is -2.31. The highest BCUT2D eigenvalue weighted by Crippen LogP contribution is 2.23. The van der Waals surface area contributed by atoms with Crippen LogP contribution < -0.4 is 5.32 Å². The Bertz CT molecular complexity index is 275. The van der Waals surface area contributed by atoms with Crippen molar-refractivity contribution in [3.63, 3.8) is 0 Å². The van der Waals surface area contributed by atoms with Gasteiger partial charge in [0.1, 0.15) is 0 Å². The monoisotopic (exact) mass is 256 g/mol. The molecular weight excluding hydrogens is 232 g/mol. The topological polar surface area (TPSA) is 52.9 Å². The Morgan fingerprint density at radius 1 is 1.35 bits per heavy atom. The van der Waals surface area contributed by atoms with Crippen LogP contribution in [0.2, 0.25) is 0 Å². The van der Waals surface area contributed by atoms with Crippen LogP contribution in [0.3, 0.4) is 0 Å². The second-order valence-electron chi connectivity index (χ2n) is 4.67. The summed E-state index contributed by atoms with van der Waals surface area (Å²) in [5, 5.41) is 12.3. The minimum absolute atomic E-state index is 0.352. The molecule has 0 radical (unpaired) electrons. The first-order valence-electron chi connectivity index (χ1n) is 6.77. The van der Waals surface area contributed by atoms with E-state index in [0.29, 0.717) is 17.7 Å². The van der Waals surface area contributed by atoms with Crippen LogP contribution in [0.25, 0.3) is 0 Å². The molecule has 0 bridgehead atoms. The third kappa shape index (κ3) is 5.18. The summed E-state index contributed by atoms with van der Waals surface area (Å²) in [6.45, 7) is 2.97. The molecule has 4 heteroatoms. The molecule has 3 atom stereocenters. The minimum Gasteiger partial charge on any atom is -0.313 e. The maximum atomic E-state index is 11.9. The molecule has 17 heavy (non-hydrogen) atoms. The number of rotatable bonds is 7. The second kappa shape index (κ2) is 8.66. The summed E-state index contributed by atoms with van der Waals surface area (Å²) in [4.78, 5) is 0. The summed E-state index contributed by atoms with van der Waals surface area (Å²) in [7, 11) is -0.667. The van der Waals surface area contributed by atoms with Crippen molar-refractivity contribution in [3.8, 4) is 6.07 Å². The van der Waals surface area contributed by atoms with Crippen LogP contribution in [0.15, 0.2) is 0 Å². The highest BCUT2D eigenvalue weighted by Gasteiger charge is 2.28. The fourth-order valence-electron chi connectivity index (χ4n) is 2.48. The number of unbranched alkanes of at least 4 members (excludes halogenated alkanes) is 2. The van der Waals surface area contributed by atoms with Crippen LogP contribution >= 0.6 is 0 Å². The van der Waals surface area contributed by atoms with E-state index in [1.54, 1.807) is 0 Å². The van der Waals surface area contributed by atoms with E-state index in [1.807, 2.05) is 6.92 Å². The van der Waals surface area contributed by atoms with Crippen molar-refractivity contribution in [2.75, 3.05) is 12.3 Å². The van der Waals surface area contributed by atoms with Crippen molar-refractivity contribution in [2.24, 2.45) is 0 Å². The molecule has 1 aliphatic rings. The summed E-state index contributed by atoms with van der Waals surface area (Å²) in [6, 6.07) is 2.60. The molecule has 0 unspecified atom stereocenters. The Morgan fingerprint density at radius 3 is 2.82 bits per heavy atom. The van der Waals surface area contributed by atoms with Gasteiger partial charge in [0.2, 0.25) is 0 Å². The molecule has 3 nitrogen and oxygen atoms in total.